The normalized spacial score (nSPS) is 14.9. The number of hydrogen-bond donors (Lipinski definition) is 3. The molecule has 3 aromatic rings. The standard InChI is InChI=1S/C38H58N8O3Si/c1-26(2)50(27(3)4,28(5)6)21-16-29-22-34(41-31(25-48-11)23-40-37(47)49-38(7,8)9)43-35-33(29)24-39-36(44-35)42-30-12-14-32(15-13-30)46-19-17-45(10)18-20-46/h12-15,22,24,26-28,31H,17-20,23,25H2,1-11H3,(H,40,47)(H2,39,41,42,43,44)/t31-/m0/s1. The van der Waals surface area contributed by atoms with Crippen LogP contribution in [-0.2, 0) is 9.47 Å². The molecule has 0 aliphatic carbocycles. The molecule has 1 atom stereocenters. The van der Waals surface area contributed by atoms with E-state index in [9.17, 15) is 4.79 Å². The highest BCUT2D eigenvalue weighted by molar-refractivity contribution is 6.90. The molecule has 1 aliphatic rings. The van der Waals surface area contributed by atoms with E-state index in [4.69, 9.17) is 24.4 Å². The molecule has 1 amide bonds. The third-order valence-electron chi connectivity index (χ3n) is 9.45. The van der Waals surface area contributed by atoms with Gasteiger partial charge in [0.2, 0.25) is 5.95 Å². The topological polar surface area (TPSA) is 117 Å². The minimum Gasteiger partial charge on any atom is -0.444 e. The number of alkyl carbamates (subject to hydrolysis) is 1. The number of benzene rings is 1. The van der Waals surface area contributed by atoms with Crippen LogP contribution in [0.5, 0.6) is 0 Å². The Morgan fingerprint density at radius 1 is 0.980 bits per heavy atom. The Hall–Kier alpha value is -3.92. The SMILES string of the molecule is COC[C@H](CNC(=O)OC(C)(C)C)Nc1cc(C#C[Si](C(C)C)(C(C)C)C(C)C)c2cnc(Nc3ccc(N4CCN(C)CC4)cc3)nc2n1. The number of anilines is 4. The lowest BCUT2D eigenvalue weighted by Gasteiger charge is -2.38. The van der Waals surface area contributed by atoms with E-state index in [-0.39, 0.29) is 12.6 Å². The first-order chi connectivity index (χ1) is 23.6. The maximum atomic E-state index is 12.4. The monoisotopic (exact) mass is 702 g/mol. The van der Waals surface area contributed by atoms with Crippen molar-refractivity contribution in [2.24, 2.45) is 0 Å². The van der Waals surface area contributed by atoms with E-state index in [1.165, 1.54) is 5.69 Å². The Bertz CT molecular complexity index is 1620. The van der Waals surface area contributed by atoms with Gasteiger partial charge in [-0.3, -0.25) is 0 Å². The number of aromatic nitrogens is 3. The van der Waals surface area contributed by atoms with Crippen LogP contribution >= 0.6 is 0 Å². The van der Waals surface area contributed by atoms with Crippen LogP contribution in [0.4, 0.5) is 27.9 Å². The van der Waals surface area contributed by atoms with Gasteiger partial charge in [-0.25, -0.2) is 14.8 Å². The summed E-state index contributed by atoms with van der Waals surface area (Å²) in [7, 11) is 1.76. The van der Waals surface area contributed by atoms with E-state index in [0.717, 1.165) is 42.8 Å². The van der Waals surface area contributed by atoms with Gasteiger partial charge in [0.25, 0.3) is 0 Å². The second-order valence-corrected chi connectivity index (χ2v) is 20.9. The molecule has 3 N–H and O–H groups in total. The van der Waals surface area contributed by atoms with Gasteiger partial charge in [-0.05, 0) is 74.8 Å². The van der Waals surface area contributed by atoms with Gasteiger partial charge >= 0.3 is 6.09 Å². The molecule has 0 saturated carbocycles. The number of hydrogen-bond acceptors (Lipinski definition) is 10. The van der Waals surface area contributed by atoms with Gasteiger partial charge < -0.3 is 35.2 Å². The molecule has 3 heterocycles. The number of ether oxygens (including phenoxy) is 2. The number of pyridine rings is 1. The fourth-order valence-electron chi connectivity index (χ4n) is 6.89. The fourth-order valence-corrected chi connectivity index (χ4v) is 12.1. The Balaban J connectivity index is 1.68. The predicted molar refractivity (Wildman–Crippen MR) is 208 cm³/mol. The Morgan fingerprint density at radius 3 is 2.20 bits per heavy atom. The highest BCUT2D eigenvalue weighted by atomic mass is 28.3. The van der Waals surface area contributed by atoms with Gasteiger partial charge in [0.1, 0.15) is 19.5 Å². The lowest BCUT2D eigenvalue weighted by molar-refractivity contribution is 0.0520. The molecular formula is C38H58N8O3Si. The van der Waals surface area contributed by atoms with E-state index in [0.29, 0.717) is 40.6 Å². The number of rotatable bonds is 12. The van der Waals surface area contributed by atoms with Gasteiger partial charge in [-0.2, -0.15) is 4.98 Å². The summed E-state index contributed by atoms with van der Waals surface area (Å²) in [6.07, 6.45) is 1.32. The number of likely N-dealkylation sites (N-methyl/N-ethyl adjacent to an activating group) is 1. The molecule has 11 nitrogen and oxygen atoms in total. The molecule has 2 aromatic heterocycles. The van der Waals surface area contributed by atoms with Crippen molar-refractivity contribution in [3.8, 4) is 11.5 Å². The van der Waals surface area contributed by atoms with E-state index in [2.05, 4.69) is 110 Å². The number of nitrogens with one attached hydrogen (secondary N) is 3. The molecule has 0 unspecified atom stereocenters. The average molecular weight is 703 g/mol. The van der Waals surface area contributed by atoms with Crippen molar-refractivity contribution in [2.45, 2.75) is 90.6 Å². The summed E-state index contributed by atoms with van der Waals surface area (Å²) in [6.45, 7) is 24.1. The number of carbonyl (C=O) groups is 1. The van der Waals surface area contributed by atoms with E-state index >= 15 is 0 Å². The van der Waals surface area contributed by atoms with Crippen LogP contribution in [0.25, 0.3) is 11.0 Å². The van der Waals surface area contributed by atoms with Gasteiger partial charge in [0.15, 0.2) is 5.65 Å². The van der Waals surface area contributed by atoms with Gasteiger partial charge in [0.05, 0.1) is 18.0 Å². The summed E-state index contributed by atoms with van der Waals surface area (Å²) < 4.78 is 10.9. The van der Waals surface area contributed by atoms with Crippen LogP contribution in [0, 0.1) is 11.5 Å². The van der Waals surface area contributed by atoms with Gasteiger partial charge in [0, 0.05) is 63.0 Å². The first kappa shape index (κ1) is 38.9. The molecule has 1 aliphatic heterocycles. The van der Waals surface area contributed by atoms with Gasteiger partial charge in [-0.15, -0.1) is 5.54 Å². The minimum atomic E-state index is -2.03. The summed E-state index contributed by atoms with van der Waals surface area (Å²) in [6, 6.07) is 10.1. The highest BCUT2D eigenvalue weighted by Gasteiger charge is 2.41. The third-order valence-corrected chi connectivity index (χ3v) is 15.7. The molecule has 0 radical (unpaired) electrons. The number of nitrogens with zero attached hydrogens (tertiary/aromatic N) is 5. The Labute approximate surface area is 300 Å². The number of amides is 1. The second kappa shape index (κ2) is 16.9. The molecule has 1 aromatic carbocycles. The van der Waals surface area contributed by atoms with Crippen LogP contribution in [0.3, 0.4) is 0 Å². The molecule has 272 valence electrons. The highest BCUT2D eigenvalue weighted by Crippen LogP contribution is 2.41. The number of methoxy groups -OCH3 is 1. The lowest BCUT2D eigenvalue weighted by Crippen LogP contribution is -2.44. The smallest absolute Gasteiger partial charge is 0.407 e. The quantitative estimate of drug-likeness (QED) is 0.134. The van der Waals surface area contributed by atoms with E-state index in [1.54, 1.807) is 7.11 Å². The average Bonchev–Trinajstić information content (AvgIpc) is 3.03. The summed E-state index contributed by atoms with van der Waals surface area (Å²) in [5, 5.41) is 10.5. The first-order valence-electron chi connectivity index (χ1n) is 17.8. The zero-order chi connectivity index (χ0) is 36.6. The number of fused-ring (bicyclic) bond motifs is 1. The Kier molecular flexibility index (Phi) is 13.1. The van der Waals surface area contributed by atoms with Gasteiger partial charge in [-0.1, -0.05) is 47.5 Å². The summed E-state index contributed by atoms with van der Waals surface area (Å²) in [5.41, 5.74) is 8.16. The van der Waals surface area contributed by atoms with Crippen molar-refractivity contribution in [3.05, 3.63) is 42.1 Å². The number of piperazine rings is 1. The summed E-state index contributed by atoms with van der Waals surface area (Å²) >= 11 is 0. The second-order valence-electron chi connectivity index (χ2n) is 15.3. The molecule has 0 spiro atoms. The Morgan fingerprint density at radius 2 is 1.62 bits per heavy atom. The maximum Gasteiger partial charge on any atom is 0.407 e. The van der Waals surface area contributed by atoms with E-state index < -0.39 is 19.8 Å². The molecule has 0 bridgehead atoms. The number of carbonyl (C=O) groups excluding carboxylic acids is 1. The van der Waals surface area contributed by atoms with Crippen molar-refractivity contribution in [1.29, 1.82) is 0 Å². The van der Waals surface area contributed by atoms with Crippen LogP contribution < -0.4 is 20.9 Å². The zero-order valence-corrected chi connectivity index (χ0v) is 33.0. The van der Waals surface area contributed by atoms with Crippen molar-refractivity contribution < 1.29 is 14.3 Å². The van der Waals surface area contributed by atoms with Crippen LogP contribution in [0.2, 0.25) is 16.6 Å². The zero-order valence-electron chi connectivity index (χ0n) is 32.0. The maximum absolute atomic E-state index is 12.4. The fraction of sp³-hybridized carbons (Fsp3) is 0.579. The largest absolute Gasteiger partial charge is 0.444 e. The lowest BCUT2D eigenvalue weighted by atomic mass is 10.2. The predicted octanol–water partition coefficient (Wildman–Crippen LogP) is 7.04. The molecule has 1 fully saturated rings. The van der Waals surface area contributed by atoms with Crippen LogP contribution in [0.15, 0.2) is 36.5 Å². The first-order valence-corrected chi connectivity index (χ1v) is 20.1. The van der Waals surface area contributed by atoms with Crippen molar-refractivity contribution >= 4 is 48.3 Å². The summed E-state index contributed by atoms with van der Waals surface area (Å²) in [4.78, 5) is 31.7. The van der Waals surface area contributed by atoms with Crippen molar-refractivity contribution in [1.82, 2.24) is 25.2 Å². The minimum absolute atomic E-state index is 0.272. The molecule has 12 heteroatoms. The third kappa shape index (κ3) is 10.1. The van der Waals surface area contributed by atoms with Crippen molar-refractivity contribution in [2.75, 3.05) is 69.0 Å². The van der Waals surface area contributed by atoms with Crippen molar-refractivity contribution in [3.63, 3.8) is 0 Å². The molecular weight excluding hydrogens is 645 g/mol. The molecule has 4 rings (SSSR count). The van der Waals surface area contributed by atoms with Crippen LogP contribution in [-0.4, -0.2) is 99.1 Å². The molecule has 50 heavy (non-hydrogen) atoms. The van der Waals surface area contributed by atoms with Crippen LogP contribution in [0.1, 0.15) is 67.9 Å². The summed E-state index contributed by atoms with van der Waals surface area (Å²) in [5.74, 6) is 4.64. The van der Waals surface area contributed by atoms with E-state index in [1.807, 2.05) is 33.0 Å². The molecule has 1 saturated heterocycles.